The topological polar surface area (TPSA) is 18.5 Å². The van der Waals surface area contributed by atoms with Crippen molar-refractivity contribution in [2.45, 2.75) is 60.0 Å². The molecule has 2 aromatic rings. The van der Waals surface area contributed by atoms with Gasteiger partial charge >= 0.3 is 8.56 Å². The average molecular weight is 385 g/mol. The first kappa shape index (κ1) is 21.9. The molecule has 2 rings (SSSR count). The van der Waals surface area contributed by atoms with Crippen LogP contribution in [0.2, 0.25) is 0 Å². The van der Waals surface area contributed by atoms with Gasteiger partial charge in [-0.1, -0.05) is 95.3 Å². The lowest BCUT2D eigenvalue weighted by Gasteiger charge is -2.36. The zero-order valence-corrected chi connectivity index (χ0v) is 18.7. The van der Waals surface area contributed by atoms with Gasteiger partial charge in [0.15, 0.2) is 0 Å². The molecule has 0 amide bonds. The van der Waals surface area contributed by atoms with Crippen LogP contribution in [0.3, 0.4) is 0 Å². The van der Waals surface area contributed by atoms with Crippen LogP contribution >= 0.6 is 0 Å². The Morgan fingerprint density at radius 3 is 1.74 bits per heavy atom. The first-order valence-electron chi connectivity index (χ1n) is 10.4. The van der Waals surface area contributed by atoms with Gasteiger partial charge in [0.1, 0.15) is 0 Å². The molecule has 27 heavy (non-hydrogen) atoms. The molecule has 2 aromatic carbocycles. The molecule has 0 aliphatic heterocycles. The van der Waals surface area contributed by atoms with Gasteiger partial charge in [-0.3, -0.25) is 0 Å². The first-order valence-corrected chi connectivity index (χ1v) is 12.2. The molecule has 3 heteroatoms. The smallest absolute Gasteiger partial charge is 0.388 e. The second-order valence-electron chi connectivity index (χ2n) is 8.04. The number of hydrogen-bond acceptors (Lipinski definition) is 2. The lowest BCUT2D eigenvalue weighted by Crippen LogP contribution is -2.65. The second-order valence-corrected chi connectivity index (χ2v) is 11.0. The van der Waals surface area contributed by atoms with E-state index in [9.17, 15) is 0 Å². The molecule has 0 heterocycles. The molecule has 0 radical (unpaired) electrons. The van der Waals surface area contributed by atoms with E-state index in [0.29, 0.717) is 11.8 Å². The minimum Gasteiger partial charge on any atom is -0.388 e. The van der Waals surface area contributed by atoms with Gasteiger partial charge < -0.3 is 8.85 Å². The molecule has 0 saturated carbocycles. The quantitative estimate of drug-likeness (QED) is 0.394. The van der Waals surface area contributed by atoms with Crippen molar-refractivity contribution in [1.82, 2.24) is 0 Å². The van der Waals surface area contributed by atoms with Gasteiger partial charge in [-0.25, -0.2) is 0 Å². The summed E-state index contributed by atoms with van der Waals surface area (Å²) in [5.41, 5.74) is 0. The van der Waals surface area contributed by atoms with Crippen molar-refractivity contribution >= 4 is 18.9 Å². The fraction of sp³-hybridized carbons (Fsp3) is 0.500. The summed E-state index contributed by atoms with van der Waals surface area (Å²) in [5.74, 6) is 1.15. The Morgan fingerprint density at radius 1 is 0.815 bits per heavy atom. The second kappa shape index (κ2) is 10.8. The van der Waals surface area contributed by atoms with Crippen molar-refractivity contribution in [2.75, 3.05) is 6.61 Å². The Bertz CT molecular complexity index is 600. The average Bonchev–Trinajstić information content (AvgIpc) is 2.68. The van der Waals surface area contributed by atoms with Crippen molar-refractivity contribution in [3.05, 3.63) is 60.7 Å². The van der Waals surface area contributed by atoms with E-state index >= 15 is 0 Å². The van der Waals surface area contributed by atoms with Crippen LogP contribution in [-0.4, -0.2) is 21.3 Å². The predicted molar refractivity (Wildman–Crippen MR) is 118 cm³/mol. The Morgan fingerprint density at radius 2 is 1.33 bits per heavy atom. The van der Waals surface area contributed by atoms with E-state index in [1.807, 2.05) is 0 Å². The van der Waals surface area contributed by atoms with Crippen molar-refractivity contribution in [3.8, 4) is 0 Å². The van der Waals surface area contributed by atoms with Crippen LogP contribution in [0.5, 0.6) is 0 Å². The summed E-state index contributed by atoms with van der Waals surface area (Å²) in [4.78, 5) is 0. The molecule has 0 aliphatic carbocycles. The molecule has 2 nitrogen and oxygen atoms in total. The highest BCUT2D eigenvalue weighted by molar-refractivity contribution is 6.92. The third-order valence-electron chi connectivity index (χ3n) is 5.00. The largest absolute Gasteiger partial charge is 0.407 e. The summed E-state index contributed by atoms with van der Waals surface area (Å²) in [7, 11) is -2.77. The number of rotatable bonds is 11. The Labute approximate surface area is 167 Å². The molecule has 0 aliphatic rings. The van der Waals surface area contributed by atoms with Crippen molar-refractivity contribution in [2.24, 2.45) is 11.8 Å². The summed E-state index contributed by atoms with van der Waals surface area (Å²) < 4.78 is 13.7. The molecule has 0 bridgehead atoms. The highest BCUT2D eigenvalue weighted by Gasteiger charge is 2.44. The maximum Gasteiger partial charge on any atom is 0.407 e. The Hall–Kier alpha value is -1.42. The van der Waals surface area contributed by atoms with E-state index in [-0.39, 0.29) is 6.10 Å². The lowest BCUT2D eigenvalue weighted by atomic mass is 10.1. The summed E-state index contributed by atoms with van der Waals surface area (Å²) in [5, 5.41) is 2.39. The summed E-state index contributed by atoms with van der Waals surface area (Å²) >= 11 is 0. The van der Waals surface area contributed by atoms with Crippen LogP contribution in [0.25, 0.3) is 0 Å². The molecule has 0 aromatic heterocycles. The highest BCUT2D eigenvalue weighted by Crippen LogP contribution is 2.20. The molecule has 1 unspecified atom stereocenters. The van der Waals surface area contributed by atoms with E-state index in [1.54, 1.807) is 0 Å². The number of benzene rings is 2. The van der Waals surface area contributed by atoms with Crippen LogP contribution in [0.1, 0.15) is 53.9 Å². The van der Waals surface area contributed by atoms with E-state index < -0.39 is 8.56 Å². The summed E-state index contributed by atoms with van der Waals surface area (Å²) in [6.45, 7) is 12.0. The SMILES string of the molecule is CCC(O[Si](OCCCC(C)C)(c1ccccc1)c1ccccc1)C(C)C. The van der Waals surface area contributed by atoms with Crippen LogP contribution < -0.4 is 10.4 Å². The molecule has 0 N–H and O–H groups in total. The molecule has 0 saturated heterocycles. The highest BCUT2D eigenvalue weighted by atomic mass is 28.4. The van der Waals surface area contributed by atoms with Gasteiger partial charge in [0.25, 0.3) is 0 Å². The van der Waals surface area contributed by atoms with E-state index in [2.05, 4.69) is 95.3 Å². The van der Waals surface area contributed by atoms with Crippen LogP contribution in [-0.2, 0) is 8.85 Å². The van der Waals surface area contributed by atoms with E-state index in [4.69, 9.17) is 8.85 Å². The van der Waals surface area contributed by atoms with Crippen LogP contribution in [0.15, 0.2) is 60.7 Å². The fourth-order valence-corrected chi connectivity index (χ4v) is 7.00. The molecule has 1 atom stereocenters. The van der Waals surface area contributed by atoms with Crippen molar-refractivity contribution in [3.63, 3.8) is 0 Å². The molecular weight excluding hydrogens is 348 g/mol. The Kier molecular flexibility index (Phi) is 8.74. The van der Waals surface area contributed by atoms with Gasteiger partial charge in [-0.15, -0.1) is 0 Å². The molecule has 148 valence electrons. The normalized spacial score (nSPS) is 13.3. The van der Waals surface area contributed by atoms with Gasteiger partial charge in [0, 0.05) is 12.7 Å². The molecule has 0 spiro atoms. The standard InChI is InChI=1S/C24H36O2Si/c1-6-24(21(4)5)26-27(22-15-9-7-10-16-22,23-17-11-8-12-18-23)25-19-13-14-20(2)3/h7-12,15-18,20-21,24H,6,13-14,19H2,1-5H3. The van der Waals surface area contributed by atoms with Crippen molar-refractivity contribution < 1.29 is 8.85 Å². The number of hydrogen-bond donors (Lipinski definition) is 0. The fourth-order valence-electron chi connectivity index (χ4n) is 3.43. The third kappa shape index (κ3) is 6.03. The van der Waals surface area contributed by atoms with E-state index in [1.165, 1.54) is 16.8 Å². The van der Waals surface area contributed by atoms with Gasteiger partial charge in [0.2, 0.25) is 0 Å². The van der Waals surface area contributed by atoms with Crippen LogP contribution in [0.4, 0.5) is 0 Å². The van der Waals surface area contributed by atoms with Gasteiger partial charge in [0.05, 0.1) is 0 Å². The molecular formula is C24H36O2Si. The maximum absolute atomic E-state index is 6.94. The minimum atomic E-state index is -2.77. The van der Waals surface area contributed by atoms with E-state index in [0.717, 1.165) is 19.4 Å². The third-order valence-corrected chi connectivity index (χ3v) is 8.43. The van der Waals surface area contributed by atoms with Gasteiger partial charge in [-0.05, 0) is 41.5 Å². The van der Waals surface area contributed by atoms with Crippen LogP contribution in [0, 0.1) is 11.8 Å². The molecule has 0 fully saturated rings. The zero-order valence-electron chi connectivity index (χ0n) is 17.7. The Balaban J connectivity index is 2.44. The maximum atomic E-state index is 6.94. The first-order chi connectivity index (χ1) is 13.0. The van der Waals surface area contributed by atoms with Gasteiger partial charge in [-0.2, -0.15) is 0 Å². The lowest BCUT2D eigenvalue weighted by molar-refractivity contribution is 0.0932. The summed E-state index contributed by atoms with van der Waals surface area (Å²) in [6.07, 6.45) is 3.41. The summed E-state index contributed by atoms with van der Waals surface area (Å²) in [6, 6.07) is 21.2. The minimum absolute atomic E-state index is 0.183. The monoisotopic (exact) mass is 384 g/mol. The van der Waals surface area contributed by atoms with Crippen molar-refractivity contribution in [1.29, 1.82) is 0 Å². The zero-order chi connectivity index (χ0) is 19.7. The predicted octanol–water partition coefficient (Wildman–Crippen LogP) is 5.15.